The van der Waals surface area contributed by atoms with E-state index in [2.05, 4.69) is 20.9 Å². The molecule has 33 heavy (non-hydrogen) atoms. The summed E-state index contributed by atoms with van der Waals surface area (Å²) in [5.74, 6) is 0.0583. The van der Waals surface area contributed by atoms with Crippen LogP contribution >= 0.6 is 15.9 Å². The van der Waals surface area contributed by atoms with Gasteiger partial charge in [-0.1, -0.05) is 18.2 Å². The Kier molecular flexibility index (Phi) is 5.56. The SMILES string of the molecule is CCOC(=O)c1c(Br)c2c(n1CC1CC1)-c1[nH]c(=O)c(S(=O)(=O)c3ccccc3)cc1CC2. The molecule has 2 aromatic heterocycles. The number of aromatic amines is 1. The van der Waals surface area contributed by atoms with Crippen molar-refractivity contribution in [2.75, 3.05) is 6.61 Å². The molecule has 2 aliphatic carbocycles. The van der Waals surface area contributed by atoms with E-state index in [0.29, 0.717) is 41.2 Å². The molecule has 3 aromatic rings. The van der Waals surface area contributed by atoms with Crippen LogP contribution < -0.4 is 5.56 Å². The summed E-state index contributed by atoms with van der Waals surface area (Å²) >= 11 is 3.61. The largest absolute Gasteiger partial charge is 0.461 e. The maximum absolute atomic E-state index is 13.1. The molecule has 0 saturated heterocycles. The number of ether oxygens (including phenoxy) is 1. The standard InChI is InChI=1S/C24H23BrN2O5S/c1-2-32-24(29)22-19(25)17-11-10-15-12-18(33(30,31)16-6-4-3-5-7-16)23(28)26-20(15)21(17)27(22)13-14-8-9-14/h3-7,12,14H,2,8-11,13H2,1H3,(H,26,28). The van der Waals surface area contributed by atoms with Gasteiger partial charge in [0.05, 0.1) is 27.4 Å². The van der Waals surface area contributed by atoms with Crippen molar-refractivity contribution in [3.05, 3.63) is 68.0 Å². The van der Waals surface area contributed by atoms with Crippen molar-refractivity contribution in [1.29, 1.82) is 0 Å². The van der Waals surface area contributed by atoms with Gasteiger partial charge in [0.15, 0.2) is 0 Å². The second kappa shape index (κ2) is 8.29. The maximum atomic E-state index is 13.1. The molecular weight excluding hydrogens is 508 g/mol. The number of rotatable bonds is 6. The summed E-state index contributed by atoms with van der Waals surface area (Å²) in [6, 6.07) is 9.44. The first kappa shape index (κ1) is 22.2. The second-order valence-electron chi connectivity index (χ2n) is 8.44. The molecule has 1 saturated carbocycles. The minimum atomic E-state index is -3.96. The molecule has 0 atom stereocenters. The molecule has 2 aliphatic rings. The lowest BCUT2D eigenvalue weighted by atomic mass is 9.94. The van der Waals surface area contributed by atoms with E-state index in [0.717, 1.165) is 29.7 Å². The van der Waals surface area contributed by atoms with Gasteiger partial charge in [-0.2, -0.15) is 0 Å². The maximum Gasteiger partial charge on any atom is 0.356 e. The Morgan fingerprint density at radius 1 is 1.21 bits per heavy atom. The molecule has 5 rings (SSSR count). The number of benzene rings is 1. The van der Waals surface area contributed by atoms with Crippen molar-refractivity contribution in [3.63, 3.8) is 0 Å². The van der Waals surface area contributed by atoms with E-state index in [1.165, 1.54) is 18.2 Å². The third kappa shape index (κ3) is 3.77. The van der Waals surface area contributed by atoms with Crippen LogP contribution in [0, 0.1) is 5.92 Å². The van der Waals surface area contributed by atoms with Gasteiger partial charge < -0.3 is 14.3 Å². The molecule has 2 heterocycles. The van der Waals surface area contributed by atoms with E-state index in [1.807, 2.05) is 4.57 Å². The van der Waals surface area contributed by atoms with Gasteiger partial charge in [-0.15, -0.1) is 0 Å². The molecule has 1 N–H and O–H groups in total. The van der Waals surface area contributed by atoms with Crippen LogP contribution in [-0.2, 0) is 34.0 Å². The lowest BCUT2D eigenvalue weighted by Gasteiger charge is -2.20. The van der Waals surface area contributed by atoms with E-state index >= 15 is 0 Å². The van der Waals surface area contributed by atoms with Crippen molar-refractivity contribution < 1.29 is 17.9 Å². The normalized spacial score (nSPS) is 15.1. The number of hydrogen-bond donors (Lipinski definition) is 1. The van der Waals surface area contributed by atoms with Crippen molar-refractivity contribution in [3.8, 4) is 11.4 Å². The van der Waals surface area contributed by atoms with Gasteiger partial charge in [-0.3, -0.25) is 4.79 Å². The van der Waals surface area contributed by atoms with Gasteiger partial charge in [0.25, 0.3) is 5.56 Å². The minimum Gasteiger partial charge on any atom is -0.461 e. The highest BCUT2D eigenvalue weighted by atomic mass is 79.9. The van der Waals surface area contributed by atoms with Crippen LogP contribution in [0.1, 0.15) is 41.4 Å². The highest BCUT2D eigenvalue weighted by Crippen LogP contribution is 2.43. The zero-order valence-corrected chi connectivity index (χ0v) is 20.5. The molecule has 0 unspecified atom stereocenters. The summed E-state index contributed by atoms with van der Waals surface area (Å²) in [5.41, 5.74) is 2.79. The van der Waals surface area contributed by atoms with Gasteiger partial charge >= 0.3 is 5.97 Å². The Morgan fingerprint density at radius 3 is 2.61 bits per heavy atom. The Morgan fingerprint density at radius 2 is 1.94 bits per heavy atom. The molecule has 9 heteroatoms. The first-order valence-electron chi connectivity index (χ1n) is 11.0. The smallest absolute Gasteiger partial charge is 0.356 e. The number of nitrogens with one attached hydrogen (secondary N) is 1. The predicted molar refractivity (Wildman–Crippen MR) is 126 cm³/mol. The number of fused-ring (bicyclic) bond motifs is 3. The Labute approximate surface area is 199 Å². The fourth-order valence-corrected chi connectivity index (χ4v) is 6.56. The third-order valence-electron chi connectivity index (χ3n) is 6.22. The van der Waals surface area contributed by atoms with E-state index in [4.69, 9.17) is 4.74 Å². The minimum absolute atomic E-state index is 0.0800. The third-order valence-corrected chi connectivity index (χ3v) is 8.85. The number of sulfone groups is 1. The van der Waals surface area contributed by atoms with Crippen molar-refractivity contribution in [2.45, 2.75) is 48.9 Å². The molecule has 0 amide bonds. The summed E-state index contributed by atoms with van der Waals surface area (Å²) in [7, 11) is -3.96. The van der Waals surface area contributed by atoms with Crippen LogP contribution in [0.3, 0.4) is 0 Å². The van der Waals surface area contributed by atoms with Crippen LogP contribution in [0.5, 0.6) is 0 Å². The Hall–Kier alpha value is -2.65. The van der Waals surface area contributed by atoms with E-state index < -0.39 is 21.4 Å². The van der Waals surface area contributed by atoms with Gasteiger partial charge in [0, 0.05) is 6.54 Å². The first-order chi connectivity index (χ1) is 15.8. The van der Waals surface area contributed by atoms with Crippen LogP contribution in [0.25, 0.3) is 11.4 Å². The molecule has 1 fully saturated rings. The quantitative estimate of drug-likeness (QED) is 0.483. The molecule has 0 radical (unpaired) electrons. The first-order valence-corrected chi connectivity index (χ1v) is 13.2. The summed E-state index contributed by atoms with van der Waals surface area (Å²) < 4.78 is 34.2. The molecule has 1 aromatic carbocycles. The molecular formula is C24H23BrN2O5S. The van der Waals surface area contributed by atoms with E-state index in [1.54, 1.807) is 25.1 Å². The average Bonchev–Trinajstić information content (AvgIpc) is 3.57. The van der Waals surface area contributed by atoms with Crippen LogP contribution in [0.4, 0.5) is 0 Å². The fraction of sp³-hybridized carbons (Fsp3) is 0.333. The van der Waals surface area contributed by atoms with Gasteiger partial charge in [0.1, 0.15) is 10.6 Å². The molecule has 7 nitrogen and oxygen atoms in total. The lowest BCUT2D eigenvalue weighted by molar-refractivity contribution is 0.0512. The van der Waals surface area contributed by atoms with Crippen molar-refractivity contribution in [1.82, 2.24) is 9.55 Å². The van der Waals surface area contributed by atoms with Crippen LogP contribution in [-0.4, -0.2) is 30.5 Å². The van der Waals surface area contributed by atoms with Crippen LogP contribution in [0.15, 0.2) is 55.5 Å². The summed E-state index contributed by atoms with van der Waals surface area (Å²) in [6.07, 6.45) is 3.34. The predicted octanol–water partition coefficient (Wildman–Crippen LogP) is 4.12. The monoisotopic (exact) mass is 530 g/mol. The number of hydrogen-bond acceptors (Lipinski definition) is 5. The van der Waals surface area contributed by atoms with Crippen molar-refractivity contribution in [2.24, 2.45) is 5.92 Å². The summed E-state index contributed by atoms with van der Waals surface area (Å²) in [6.45, 7) is 2.67. The number of aromatic nitrogens is 2. The average molecular weight is 531 g/mol. The number of carbonyl (C=O) groups is 1. The molecule has 0 spiro atoms. The topological polar surface area (TPSA) is 98.2 Å². The Balaban J connectivity index is 1.69. The lowest BCUT2D eigenvalue weighted by Crippen LogP contribution is -2.22. The van der Waals surface area contributed by atoms with Crippen molar-refractivity contribution >= 4 is 31.7 Å². The zero-order valence-electron chi connectivity index (χ0n) is 18.1. The number of pyridine rings is 1. The highest BCUT2D eigenvalue weighted by Gasteiger charge is 2.35. The van der Waals surface area contributed by atoms with E-state index in [9.17, 15) is 18.0 Å². The van der Waals surface area contributed by atoms with Gasteiger partial charge in [0.2, 0.25) is 9.84 Å². The van der Waals surface area contributed by atoms with Gasteiger partial charge in [-0.05, 0) is 83.8 Å². The number of H-pyrrole nitrogens is 1. The molecule has 172 valence electrons. The molecule has 0 bridgehead atoms. The summed E-state index contributed by atoms with van der Waals surface area (Å²) in [4.78, 5) is 28.5. The number of halogens is 1. The number of aryl methyl sites for hydroxylation is 1. The number of esters is 1. The Bertz CT molecular complexity index is 1420. The second-order valence-corrected chi connectivity index (χ2v) is 11.2. The highest BCUT2D eigenvalue weighted by molar-refractivity contribution is 9.10. The van der Waals surface area contributed by atoms with E-state index in [-0.39, 0.29) is 16.4 Å². The molecule has 0 aliphatic heterocycles. The fourth-order valence-electron chi connectivity index (χ4n) is 4.44. The number of nitrogens with zero attached hydrogens (tertiary/aromatic N) is 1. The van der Waals surface area contributed by atoms with Gasteiger partial charge in [-0.25, -0.2) is 13.2 Å². The van der Waals surface area contributed by atoms with Crippen LogP contribution in [0.2, 0.25) is 0 Å². The summed E-state index contributed by atoms with van der Waals surface area (Å²) in [5, 5.41) is 0. The zero-order chi connectivity index (χ0) is 23.3. The number of carbonyl (C=O) groups excluding carboxylic acids is 1.